The summed E-state index contributed by atoms with van der Waals surface area (Å²) in [6, 6.07) is 5.51. The van der Waals surface area contributed by atoms with Gasteiger partial charge in [-0.25, -0.2) is 8.42 Å². The van der Waals surface area contributed by atoms with Gasteiger partial charge in [0.1, 0.15) is 0 Å². The molecule has 0 bridgehead atoms. The molecular formula is C14H23N3O3S. The van der Waals surface area contributed by atoms with Crippen LogP contribution in [0.15, 0.2) is 29.2 Å². The van der Waals surface area contributed by atoms with Crippen molar-refractivity contribution in [3.05, 3.63) is 29.8 Å². The second-order valence-corrected chi connectivity index (χ2v) is 7.05. The molecule has 1 unspecified atom stereocenters. The first kappa shape index (κ1) is 17.6. The average Bonchev–Trinajstić information content (AvgIpc) is 2.44. The fourth-order valence-electron chi connectivity index (χ4n) is 1.65. The Bertz CT molecular complexity index is 585. The first-order valence-corrected chi connectivity index (χ1v) is 8.33. The molecule has 6 nitrogen and oxygen atoms in total. The molecule has 0 heterocycles. The van der Waals surface area contributed by atoms with Crippen molar-refractivity contribution < 1.29 is 13.2 Å². The molecule has 0 saturated heterocycles. The van der Waals surface area contributed by atoms with Crippen LogP contribution in [0.5, 0.6) is 0 Å². The predicted octanol–water partition coefficient (Wildman–Crippen LogP) is 0.584. The van der Waals surface area contributed by atoms with E-state index in [0.29, 0.717) is 12.5 Å². The smallest absolute Gasteiger partial charge is 0.241 e. The summed E-state index contributed by atoms with van der Waals surface area (Å²) in [5.74, 6) is -0.0405. The first-order chi connectivity index (χ1) is 9.76. The summed E-state index contributed by atoms with van der Waals surface area (Å²) in [5, 5.41) is 2.69. The molecule has 0 saturated carbocycles. The molecule has 0 aliphatic rings. The molecule has 1 aromatic rings. The topological polar surface area (TPSA) is 101 Å². The zero-order chi connectivity index (χ0) is 16.0. The third kappa shape index (κ3) is 5.45. The van der Waals surface area contributed by atoms with Crippen LogP contribution in [-0.4, -0.2) is 26.9 Å². The van der Waals surface area contributed by atoms with Crippen molar-refractivity contribution in [1.29, 1.82) is 0 Å². The van der Waals surface area contributed by atoms with Crippen LogP contribution in [0.1, 0.15) is 26.3 Å². The maximum atomic E-state index is 12.2. The summed E-state index contributed by atoms with van der Waals surface area (Å²) in [6.07, 6.45) is 0. The Balaban J connectivity index is 2.77. The molecule has 118 valence electrons. The number of benzene rings is 1. The minimum Gasteiger partial charge on any atom is -0.354 e. The Labute approximate surface area is 126 Å². The van der Waals surface area contributed by atoms with Crippen LogP contribution < -0.4 is 15.8 Å². The molecule has 4 N–H and O–H groups in total. The minimum atomic E-state index is -3.74. The monoisotopic (exact) mass is 313 g/mol. The number of hydrogen-bond acceptors (Lipinski definition) is 4. The number of sulfonamides is 1. The van der Waals surface area contributed by atoms with Crippen molar-refractivity contribution in [2.75, 3.05) is 6.54 Å². The third-order valence-electron chi connectivity index (χ3n) is 2.85. The first-order valence-electron chi connectivity index (χ1n) is 6.85. The van der Waals surface area contributed by atoms with E-state index in [0.717, 1.165) is 5.56 Å². The van der Waals surface area contributed by atoms with Crippen LogP contribution in [0.3, 0.4) is 0 Å². The van der Waals surface area contributed by atoms with E-state index in [-0.39, 0.29) is 17.3 Å². The molecule has 0 aliphatic carbocycles. The van der Waals surface area contributed by atoms with Crippen molar-refractivity contribution in [1.82, 2.24) is 10.0 Å². The van der Waals surface area contributed by atoms with Crippen molar-refractivity contribution in [2.45, 2.75) is 38.3 Å². The highest BCUT2D eigenvalue weighted by Gasteiger charge is 2.22. The molecule has 0 fully saturated rings. The standard InChI is InChI=1S/C14H23N3O3S/c1-10(2)9-16-14(18)11(3)17-21(19,20)13-6-4-5-12(7-13)8-15/h4-7,10-11,17H,8-9,15H2,1-3H3,(H,16,18). The van der Waals surface area contributed by atoms with Gasteiger partial charge in [-0.2, -0.15) is 4.72 Å². The summed E-state index contributed by atoms with van der Waals surface area (Å²) < 4.78 is 26.8. The average molecular weight is 313 g/mol. The Morgan fingerprint density at radius 1 is 1.29 bits per heavy atom. The summed E-state index contributed by atoms with van der Waals surface area (Å²) >= 11 is 0. The quantitative estimate of drug-likeness (QED) is 0.685. The lowest BCUT2D eigenvalue weighted by Gasteiger charge is -2.15. The highest BCUT2D eigenvalue weighted by atomic mass is 32.2. The van der Waals surface area contributed by atoms with Crippen LogP contribution in [-0.2, 0) is 21.4 Å². The fourth-order valence-corrected chi connectivity index (χ4v) is 2.92. The van der Waals surface area contributed by atoms with E-state index in [1.165, 1.54) is 19.1 Å². The Hall–Kier alpha value is -1.44. The number of rotatable bonds is 7. The van der Waals surface area contributed by atoms with Crippen LogP contribution in [0.2, 0.25) is 0 Å². The zero-order valence-electron chi connectivity index (χ0n) is 12.6. The number of hydrogen-bond donors (Lipinski definition) is 3. The molecule has 0 aliphatic heterocycles. The van der Waals surface area contributed by atoms with Gasteiger partial charge in [0.2, 0.25) is 15.9 Å². The van der Waals surface area contributed by atoms with E-state index in [1.54, 1.807) is 12.1 Å². The van der Waals surface area contributed by atoms with Gasteiger partial charge in [0, 0.05) is 13.1 Å². The molecule has 0 aromatic heterocycles. The molecule has 7 heteroatoms. The van der Waals surface area contributed by atoms with Crippen LogP contribution in [0.25, 0.3) is 0 Å². The molecule has 1 atom stereocenters. The lowest BCUT2D eigenvalue weighted by molar-refractivity contribution is -0.122. The van der Waals surface area contributed by atoms with Gasteiger partial charge in [0.15, 0.2) is 0 Å². The summed E-state index contributed by atoms with van der Waals surface area (Å²) in [6.45, 7) is 6.21. The SMILES string of the molecule is CC(C)CNC(=O)C(C)NS(=O)(=O)c1cccc(CN)c1. The van der Waals surface area contributed by atoms with Crippen LogP contribution in [0.4, 0.5) is 0 Å². The van der Waals surface area contributed by atoms with Crippen LogP contribution in [0, 0.1) is 5.92 Å². The van der Waals surface area contributed by atoms with Gasteiger partial charge >= 0.3 is 0 Å². The lowest BCUT2D eigenvalue weighted by Crippen LogP contribution is -2.45. The second-order valence-electron chi connectivity index (χ2n) is 5.33. The van der Waals surface area contributed by atoms with Gasteiger partial charge in [-0.05, 0) is 30.5 Å². The van der Waals surface area contributed by atoms with Crippen molar-refractivity contribution in [3.63, 3.8) is 0 Å². The van der Waals surface area contributed by atoms with E-state index in [1.807, 2.05) is 13.8 Å². The number of amides is 1. The number of carbonyl (C=O) groups is 1. The van der Waals surface area contributed by atoms with Crippen LogP contribution >= 0.6 is 0 Å². The zero-order valence-corrected chi connectivity index (χ0v) is 13.4. The maximum absolute atomic E-state index is 12.2. The molecule has 0 radical (unpaired) electrons. The largest absolute Gasteiger partial charge is 0.354 e. The van der Waals surface area contributed by atoms with Gasteiger partial charge in [0.05, 0.1) is 10.9 Å². The summed E-state index contributed by atoms with van der Waals surface area (Å²) in [4.78, 5) is 11.9. The predicted molar refractivity (Wildman–Crippen MR) is 82.0 cm³/mol. The van der Waals surface area contributed by atoms with E-state index in [2.05, 4.69) is 10.0 Å². The normalized spacial score (nSPS) is 13.2. The molecular weight excluding hydrogens is 290 g/mol. The van der Waals surface area contributed by atoms with E-state index in [4.69, 9.17) is 5.73 Å². The highest BCUT2D eigenvalue weighted by Crippen LogP contribution is 2.11. The van der Waals surface area contributed by atoms with Gasteiger partial charge in [-0.15, -0.1) is 0 Å². The summed E-state index contributed by atoms with van der Waals surface area (Å²) in [5.41, 5.74) is 6.22. The number of nitrogens with two attached hydrogens (primary N) is 1. The Morgan fingerprint density at radius 3 is 2.52 bits per heavy atom. The van der Waals surface area contributed by atoms with Gasteiger partial charge in [0.25, 0.3) is 0 Å². The fraction of sp³-hybridized carbons (Fsp3) is 0.500. The molecule has 21 heavy (non-hydrogen) atoms. The number of carbonyl (C=O) groups excluding carboxylic acids is 1. The third-order valence-corrected chi connectivity index (χ3v) is 4.39. The Kier molecular flexibility index (Phi) is 6.32. The molecule has 1 amide bonds. The highest BCUT2D eigenvalue weighted by molar-refractivity contribution is 7.89. The molecule has 0 spiro atoms. The van der Waals surface area contributed by atoms with Gasteiger partial charge in [-0.1, -0.05) is 26.0 Å². The second kappa shape index (κ2) is 7.53. The molecule has 1 rings (SSSR count). The number of nitrogens with one attached hydrogen (secondary N) is 2. The van der Waals surface area contributed by atoms with E-state index in [9.17, 15) is 13.2 Å². The van der Waals surface area contributed by atoms with Gasteiger partial charge < -0.3 is 11.1 Å². The van der Waals surface area contributed by atoms with Crippen molar-refractivity contribution in [2.24, 2.45) is 11.7 Å². The summed E-state index contributed by atoms with van der Waals surface area (Å²) in [7, 11) is -3.74. The van der Waals surface area contributed by atoms with Crippen molar-refractivity contribution in [3.8, 4) is 0 Å². The van der Waals surface area contributed by atoms with Crippen molar-refractivity contribution >= 4 is 15.9 Å². The van der Waals surface area contributed by atoms with E-state index >= 15 is 0 Å². The van der Waals surface area contributed by atoms with Gasteiger partial charge in [-0.3, -0.25) is 4.79 Å². The molecule has 1 aromatic carbocycles. The Morgan fingerprint density at radius 2 is 1.95 bits per heavy atom. The lowest BCUT2D eigenvalue weighted by atomic mass is 10.2. The minimum absolute atomic E-state index is 0.106. The van der Waals surface area contributed by atoms with E-state index < -0.39 is 16.1 Å². The maximum Gasteiger partial charge on any atom is 0.241 e.